The first-order valence-electron chi connectivity index (χ1n) is 6.29. The van der Waals surface area contributed by atoms with Gasteiger partial charge in [0.2, 0.25) is 0 Å². The average Bonchev–Trinajstić information content (AvgIpc) is 2.90. The van der Waals surface area contributed by atoms with Crippen LogP contribution in [0.15, 0.2) is 34.5 Å². The zero-order valence-electron chi connectivity index (χ0n) is 11.6. The van der Waals surface area contributed by atoms with Crippen LogP contribution >= 0.6 is 11.3 Å². The third kappa shape index (κ3) is 3.25. The van der Waals surface area contributed by atoms with Crippen LogP contribution in [-0.2, 0) is 16.4 Å². The van der Waals surface area contributed by atoms with E-state index in [9.17, 15) is 13.2 Å². The van der Waals surface area contributed by atoms with Gasteiger partial charge < -0.3 is 5.11 Å². The molecule has 0 unspecified atom stereocenters. The number of hydrogen-bond acceptors (Lipinski definition) is 4. The zero-order chi connectivity index (χ0) is 15.6. The summed E-state index contributed by atoms with van der Waals surface area (Å²) < 4.78 is 27.3. The van der Waals surface area contributed by atoms with Gasteiger partial charge in [-0.25, -0.2) is 13.2 Å². The summed E-state index contributed by atoms with van der Waals surface area (Å²) in [6, 6.07) is 7.84. The predicted molar refractivity (Wildman–Crippen MR) is 82.6 cm³/mol. The molecule has 0 amide bonds. The van der Waals surface area contributed by atoms with Gasteiger partial charge in [0.15, 0.2) is 0 Å². The molecule has 0 spiro atoms. The van der Waals surface area contributed by atoms with Crippen LogP contribution in [0.5, 0.6) is 0 Å². The van der Waals surface area contributed by atoms with Gasteiger partial charge in [0.1, 0.15) is 4.21 Å². The number of benzene rings is 1. The van der Waals surface area contributed by atoms with Crippen molar-refractivity contribution >= 4 is 33.0 Å². The molecule has 0 aliphatic rings. The van der Waals surface area contributed by atoms with Gasteiger partial charge in [-0.05, 0) is 43.2 Å². The molecule has 7 heteroatoms. The smallest absolute Gasteiger partial charge is 0.336 e. The van der Waals surface area contributed by atoms with E-state index >= 15 is 0 Å². The molecule has 0 aliphatic carbocycles. The summed E-state index contributed by atoms with van der Waals surface area (Å²) in [6.45, 7) is 3.53. The Morgan fingerprint density at radius 3 is 2.57 bits per heavy atom. The maximum absolute atomic E-state index is 12.3. The Morgan fingerprint density at radius 1 is 1.29 bits per heavy atom. The Balaban J connectivity index is 2.37. The molecular formula is C14H15NO4S2. The lowest BCUT2D eigenvalue weighted by molar-refractivity contribution is 0.0696. The van der Waals surface area contributed by atoms with Gasteiger partial charge in [0.05, 0.1) is 11.3 Å². The van der Waals surface area contributed by atoms with E-state index in [0.29, 0.717) is 5.56 Å². The average molecular weight is 325 g/mol. The second kappa shape index (κ2) is 5.87. The Hall–Kier alpha value is -1.86. The summed E-state index contributed by atoms with van der Waals surface area (Å²) in [5.41, 5.74) is 0.748. The van der Waals surface area contributed by atoms with Crippen LogP contribution in [0, 0.1) is 6.92 Å². The van der Waals surface area contributed by atoms with Crippen molar-refractivity contribution in [3.63, 3.8) is 0 Å². The molecule has 2 aromatic rings. The van der Waals surface area contributed by atoms with Crippen molar-refractivity contribution in [2.75, 3.05) is 4.72 Å². The highest BCUT2D eigenvalue weighted by atomic mass is 32.2. The summed E-state index contributed by atoms with van der Waals surface area (Å²) in [5, 5.41) is 9.07. The number of nitrogens with one attached hydrogen (secondary N) is 1. The van der Waals surface area contributed by atoms with Crippen LogP contribution in [0.25, 0.3) is 0 Å². The molecule has 0 radical (unpaired) electrons. The minimum Gasteiger partial charge on any atom is -0.478 e. The molecule has 5 nitrogen and oxygen atoms in total. The number of sulfonamides is 1. The standard InChI is InChI=1S/C14H15NO4S2/c1-3-10-7-8-13(20-10)21(18,19)15-12-6-4-5-11(9(12)2)14(16)17/h4-8,15H,3H2,1-2H3,(H,16,17). The topological polar surface area (TPSA) is 83.5 Å². The molecule has 112 valence electrons. The Kier molecular flexibility index (Phi) is 4.34. The number of thiophene rings is 1. The quantitative estimate of drug-likeness (QED) is 0.884. The van der Waals surface area contributed by atoms with E-state index < -0.39 is 16.0 Å². The van der Waals surface area contributed by atoms with E-state index in [2.05, 4.69) is 4.72 Å². The second-order valence-electron chi connectivity index (χ2n) is 4.46. The number of carboxylic acid groups (broad SMARTS) is 1. The third-order valence-electron chi connectivity index (χ3n) is 3.06. The van der Waals surface area contributed by atoms with Crippen molar-refractivity contribution in [1.82, 2.24) is 0 Å². The SMILES string of the molecule is CCc1ccc(S(=O)(=O)Nc2cccc(C(=O)O)c2C)s1. The van der Waals surface area contributed by atoms with E-state index in [1.165, 1.54) is 23.5 Å². The number of carboxylic acids is 1. The monoisotopic (exact) mass is 325 g/mol. The van der Waals surface area contributed by atoms with Crippen molar-refractivity contribution in [2.24, 2.45) is 0 Å². The first kappa shape index (κ1) is 15.5. The number of anilines is 1. The molecule has 1 heterocycles. The molecule has 1 aromatic carbocycles. The van der Waals surface area contributed by atoms with E-state index in [0.717, 1.165) is 11.3 Å². The van der Waals surface area contributed by atoms with Gasteiger partial charge >= 0.3 is 5.97 Å². The highest BCUT2D eigenvalue weighted by molar-refractivity contribution is 7.94. The van der Waals surface area contributed by atoms with Crippen LogP contribution in [0.4, 0.5) is 5.69 Å². The fraction of sp³-hybridized carbons (Fsp3) is 0.214. The number of aryl methyl sites for hydroxylation is 1. The molecule has 0 bridgehead atoms. The van der Waals surface area contributed by atoms with Crippen LogP contribution in [0.1, 0.15) is 27.7 Å². The molecule has 2 N–H and O–H groups in total. The minimum absolute atomic E-state index is 0.0793. The summed E-state index contributed by atoms with van der Waals surface area (Å²) in [6.07, 6.45) is 0.772. The van der Waals surface area contributed by atoms with Crippen LogP contribution in [-0.4, -0.2) is 19.5 Å². The number of aromatic carboxylic acids is 1. The summed E-state index contributed by atoms with van der Waals surface area (Å²) >= 11 is 1.21. The Bertz CT molecular complexity index is 778. The molecule has 2 rings (SSSR count). The van der Waals surface area contributed by atoms with Crippen LogP contribution in [0.2, 0.25) is 0 Å². The normalized spacial score (nSPS) is 11.3. The van der Waals surface area contributed by atoms with Crippen molar-refractivity contribution in [3.05, 3.63) is 46.3 Å². The molecule has 0 fully saturated rings. The first-order chi connectivity index (χ1) is 9.85. The van der Waals surface area contributed by atoms with E-state index in [1.807, 2.05) is 6.92 Å². The highest BCUT2D eigenvalue weighted by Gasteiger charge is 2.19. The third-order valence-corrected chi connectivity index (χ3v) is 6.15. The van der Waals surface area contributed by atoms with Crippen LogP contribution < -0.4 is 4.72 Å². The second-order valence-corrected chi connectivity index (χ2v) is 7.54. The number of carbonyl (C=O) groups is 1. The predicted octanol–water partition coefficient (Wildman–Crippen LogP) is 3.12. The number of rotatable bonds is 5. The summed E-state index contributed by atoms with van der Waals surface area (Å²) in [4.78, 5) is 12.1. The molecule has 21 heavy (non-hydrogen) atoms. The summed E-state index contributed by atoms with van der Waals surface area (Å²) in [7, 11) is -3.69. The highest BCUT2D eigenvalue weighted by Crippen LogP contribution is 2.26. The maximum atomic E-state index is 12.3. The lowest BCUT2D eigenvalue weighted by Crippen LogP contribution is -2.13. The van der Waals surface area contributed by atoms with Gasteiger partial charge in [-0.2, -0.15) is 0 Å². The van der Waals surface area contributed by atoms with Crippen molar-refractivity contribution < 1.29 is 18.3 Å². The van der Waals surface area contributed by atoms with Gasteiger partial charge in [0, 0.05) is 4.88 Å². The van der Waals surface area contributed by atoms with E-state index in [4.69, 9.17) is 5.11 Å². The lowest BCUT2D eigenvalue weighted by atomic mass is 10.1. The Labute approximate surface area is 127 Å². The van der Waals surface area contributed by atoms with Gasteiger partial charge in [0.25, 0.3) is 10.0 Å². The zero-order valence-corrected chi connectivity index (χ0v) is 13.2. The van der Waals surface area contributed by atoms with Crippen molar-refractivity contribution in [1.29, 1.82) is 0 Å². The number of hydrogen-bond donors (Lipinski definition) is 2. The molecule has 1 aromatic heterocycles. The Morgan fingerprint density at radius 2 is 2.00 bits per heavy atom. The first-order valence-corrected chi connectivity index (χ1v) is 8.59. The van der Waals surface area contributed by atoms with Crippen LogP contribution in [0.3, 0.4) is 0 Å². The van der Waals surface area contributed by atoms with Gasteiger partial charge in [-0.3, -0.25) is 4.72 Å². The van der Waals surface area contributed by atoms with Crippen molar-refractivity contribution in [3.8, 4) is 0 Å². The summed E-state index contributed by atoms with van der Waals surface area (Å²) in [5.74, 6) is -1.09. The fourth-order valence-electron chi connectivity index (χ4n) is 1.87. The van der Waals surface area contributed by atoms with E-state index in [-0.39, 0.29) is 15.5 Å². The minimum atomic E-state index is -3.69. The van der Waals surface area contributed by atoms with Gasteiger partial charge in [-0.1, -0.05) is 13.0 Å². The maximum Gasteiger partial charge on any atom is 0.336 e. The fourth-order valence-corrected chi connectivity index (χ4v) is 4.28. The van der Waals surface area contributed by atoms with E-state index in [1.54, 1.807) is 25.1 Å². The lowest BCUT2D eigenvalue weighted by Gasteiger charge is -2.11. The van der Waals surface area contributed by atoms with Crippen molar-refractivity contribution in [2.45, 2.75) is 24.5 Å². The molecule has 0 saturated heterocycles. The molecule has 0 atom stereocenters. The molecular weight excluding hydrogens is 310 g/mol. The van der Waals surface area contributed by atoms with Gasteiger partial charge in [-0.15, -0.1) is 11.3 Å². The largest absolute Gasteiger partial charge is 0.478 e. The molecule has 0 saturated carbocycles. The molecule has 0 aliphatic heterocycles.